The van der Waals surface area contributed by atoms with Crippen molar-refractivity contribution in [1.29, 1.82) is 0 Å². The van der Waals surface area contributed by atoms with Crippen LogP contribution in [0.4, 0.5) is 4.39 Å². The Morgan fingerprint density at radius 2 is 2.28 bits per heavy atom. The molecule has 0 amide bonds. The average Bonchev–Trinajstić information content (AvgIpc) is 2.37. The maximum atomic E-state index is 13.8. The molecule has 0 N–H and O–H groups in total. The predicted molar refractivity (Wildman–Crippen MR) is 71.6 cm³/mol. The third-order valence-corrected chi connectivity index (χ3v) is 4.28. The zero-order valence-corrected chi connectivity index (χ0v) is 12.1. The molecule has 1 aliphatic heterocycles. The molecule has 1 fully saturated rings. The highest BCUT2D eigenvalue weighted by atomic mass is 79.9. The largest absolute Gasteiger partial charge is 0.378 e. The van der Waals surface area contributed by atoms with E-state index in [0.29, 0.717) is 11.1 Å². The van der Waals surface area contributed by atoms with E-state index in [1.807, 2.05) is 0 Å². The number of ketones is 1. The van der Waals surface area contributed by atoms with Crippen molar-refractivity contribution in [2.24, 2.45) is 0 Å². The van der Waals surface area contributed by atoms with Gasteiger partial charge < -0.3 is 4.74 Å². The van der Waals surface area contributed by atoms with Crippen LogP contribution in [0.2, 0.25) is 5.02 Å². The van der Waals surface area contributed by atoms with Crippen LogP contribution in [0.25, 0.3) is 0 Å². The smallest absolute Gasteiger partial charge is 0.168 e. The Labute approximate surface area is 119 Å². The van der Waals surface area contributed by atoms with Crippen LogP contribution < -0.4 is 0 Å². The van der Waals surface area contributed by atoms with Gasteiger partial charge in [-0.25, -0.2) is 4.39 Å². The van der Waals surface area contributed by atoms with Gasteiger partial charge in [0.2, 0.25) is 0 Å². The molecule has 1 saturated heterocycles. The maximum absolute atomic E-state index is 13.8. The molecule has 0 aliphatic carbocycles. The first-order chi connectivity index (χ1) is 8.59. The molecule has 0 aromatic heterocycles. The summed E-state index contributed by atoms with van der Waals surface area (Å²) in [5.41, 5.74) is 0.0392. The Morgan fingerprint density at radius 3 is 2.94 bits per heavy atom. The van der Waals surface area contributed by atoms with Crippen LogP contribution in [0.3, 0.4) is 0 Å². The molecular weight excluding hydrogens is 322 g/mol. The van der Waals surface area contributed by atoms with Crippen LogP contribution >= 0.6 is 27.5 Å². The average molecular weight is 336 g/mol. The molecule has 5 heteroatoms. The third kappa shape index (κ3) is 3.11. The fraction of sp³-hybridized carbons (Fsp3) is 0.462. The van der Waals surface area contributed by atoms with E-state index in [4.69, 9.17) is 16.3 Å². The summed E-state index contributed by atoms with van der Waals surface area (Å²) in [5, 5.41) is -0.0505. The van der Waals surface area contributed by atoms with Gasteiger partial charge in [-0.2, -0.15) is 0 Å². The molecule has 0 spiro atoms. The number of halogens is 3. The zero-order chi connectivity index (χ0) is 13.1. The molecule has 1 aliphatic rings. The SMILES string of the molecule is O=C(CC1CCCCO1)c1ccc(Br)c(Cl)c1F. The van der Waals surface area contributed by atoms with Gasteiger partial charge >= 0.3 is 0 Å². The zero-order valence-electron chi connectivity index (χ0n) is 9.72. The fourth-order valence-corrected chi connectivity index (χ4v) is 2.50. The lowest BCUT2D eigenvalue weighted by Crippen LogP contribution is -2.22. The van der Waals surface area contributed by atoms with Crippen molar-refractivity contribution in [3.8, 4) is 0 Å². The van der Waals surface area contributed by atoms with Gasteiger partial charge in [-0.3, -0.25) is 4.79 Å². The van der Waals surface area contributed by atoms with Crippen molar-refractivity contribution in [2.75, 3.05) is 6.61 Å². The topological polar surface area (TPSA) is 26.3 Å². The number of Topliss-reactive ketones (excluding diaryl/α,β-unsaturated/α-hetero) is 1. The summed E-state index contributed by atoms with van der Waals surface area (Å²) in [6.45, 7) is 0.682. The number of carbonyl (C=O) groups is 1. The van der Waals surface area contributed by atoms with Crippen molar-refractivity contribution in [1.82, 2.24) is 0 Å². The second kappa shape index (κ2) is 6.13. The highest BCUT2D eigenvalue weighted by Gasteiger charge is 2.22. The van der Waals surface area contributed by atoms with Crippen LogP contribution in [0.15, 0.2) is 16.6 Å². The van der Waals surface area contributed by atoms with E-state index in [2.05, 4.69) is 15.9 Å². The molecule has 2 nitrogen and oxygen atoms in total. The lowest BCUT2D eigenvalue weighted by molar-refractivity contribution is 0.0128. The monoisotopic (exact) mass is 334 g/mol. The number of benzene rings is 1. The van der Waals surface area contributed by atoms with Gasteiger partial charge in [0, 0.05) is 17.5 Å². The molecule has 2 rings (SSSR count). The number of rotatable bonds is 3. The van der Waals surface area contributed by atoms with Crippen molar-refractivity contribution < 1.29 is 13.9 Å². The van der Waals surface area contributed by atoms with Crippen LogP contribution in [0.5, 0.6) is 0 Å². The molecule has 18 heavy (non-hydrogen) atoms. The van der Waals surface area contributed by atoms with Gasteiger partial charge in [-0.15, -0.1) is 0 Å². The summed E-state index contributed by atoms with van der Waals surface area (Å²) in [7, 11) is 0. The van der Waals surface area contributed by atoms with Crippen molar-refractivity contribution in [2.45, 2.75) is 31.8 Å². The Kier molecular flexibility index (Phi) is 4.76. The van der Waals surface area contributed by atoms with Crippen molar-refractivity contribution >= 4 is 33.3 Å². The summed E-state index contributed by atoms with van der Waals surface area (Å²) in [6, 6.07) is 3.04. The number of hydrogen-bond acceptors (Lipinski definition) is 2. The van der Waals surface area contributed by atoms with Gasteiger partial charge in [-0.1, -0.05) is 11.6 Å². The van der Waals surface area contributed by atoms with E-state index in [1.165, 1.54) is 6.07 Å². The van der Waals surface area contributed by atoms with Gasteiger partial charge in [-0.05, 0) is 47.3 Å². The first-order valence-corrected chi connectivity index (χ1v) is 7.05. The van der Waals surface area contributed by atoms with Crippen molar-refractivity contribution in [3.63, 3.8) is 0 Å². The lowest BCUT2D eigenvalue weighted by Gasteiger charge is -2.21. The minimum absolute atomic E-state index is 0.0392. The summed E-state index contributed by atoms with van der Waals surface area (Å²) >= 11 is 8.88. The Morgan fingerprint density at radius 1 is 1.50 bits per heavy atom. The fourth-order valence-electron chi connectivity index (χ4n) is 2.03. The number of carbonyl (C=O) groups excluding carboxylic acids is 1. The summed E-state index contributed by atoms with van der Waals surface area (Å²) in [5.74, 6) is -0.916. The lowest BCUT2D eigenvalue weighted by atomic mass is 10.00. The van der Waals surface area contributed by atoms with E-state index < -0.39 is 5.82 Å². The second-order valence-electron chi connectivity index (χ2n) is 4.34. The van der Waals surface area contributed by atoms with E-state index in [9.17, 15) is 9.18 Å². The molecule has 0 bridgehead atoms. The number of hydrogen-bond donors (Lipinski definition) is 0. The highest BCUT2D eigenvalue weighted by molar-refractivity contribution is 9.10. The molecular formula is C13H13BrClFO2. The summed E-state index contributed by atoms with van der Waals surface area (Å²) < 4.78 is 19.8. The molecule has 1 aromatic rings. The van der Waals surface area contributed by atoms with E-state index in [0.717, 1.165) is 19.3 Å². The van der Waals surface area contributed by atoms with Crippen LogP contribution in [-0.2, 0) is 4.74 Å². The standard InChI is InChI=1S/C13H13BrClFO2/c14-10-5-4-9(13(16)12(10)15)11(17)7-8-3-1-2-6-18-8/h4-5,8H,1-3,6-7H2. The summed E-state index contributed by atoms with van der Waals surface area (Å²) in [6.07, 6.45) is 3.07. The molecule has 1 atom stereocenters. The summed E-state index contributed by atoms with van der Waals surface area (Å²) in [4.78, 5) is 12.0. The van der Waals surface area contributed by atoms with E-state index in [-0.39, 0.29) is 28.9 Å². The Hall–Kier alpha value is -0.450. The van der Waals surface area contributed by atoms with Crippen molar-refractivity contribution in [3.05, 3.63) is 33.0 Å². The normalized spacial score (nSPS) is 19.8. The van der Waals surface area contributed by atoms with Gasteiger partial charge in [0.1, 0.15) is 0 Å². The first-order valence-electron chi connectivity index (χ1n) is 5.88. The quantitative estimate of drug-likeness (QED) is 0.605. The van der Waals surface area contributed by atoms with Gasteiger partial charge in [0.05, 0.1) is 16.7 Å². The second-order valence-corrected chi connectivity index (χ2v) is 5.57. The van der Waals surface area contributed by atoms with Crippen LogP contribution in [-0.4, -0.2) is 18.5 Å². The Bertz CT molecular complexity index is 459. The molecule has 0 radical (unpaired) electrons. The van der Waals surface area contributed by atoms with Crippen LogP contribution in [0.1, 0.15) is 36.0 Å². The minimum Gasteiger partial charge on any atom is -0.378 e. The molecule has 1 heterocycles. The minimum atomic E-state index is -0.660. The Balaban J connectivity index is 2.11. The predicted octanol–water partition coefficient (Wildman–Crippen LogP) is 4.38. The molecule has 0 saturated carbocycles. The molecule has 1 aromatic carbocycles. The molecule has 98 valence electrons. The highest BCUT2D eigenvalue weighted by Crippen LogP contribution is 2.29. The van der Waals surface area contributed by atoms with Gasteiger partial charge in [0.25, 0.3) is 0 Å². The number of ether oxygens (including phenoxy) is 1. The van der Waals surface area contributed by atoms with E-state index in [1.54, 1.807) is 6.07 Å². The van der Waals surface area contributed by atoms with E-state index >= 15 is 0 Å². The first kappa shape index (κ1) is 14.0. The third-order valence-electron chi connectivity index (χ3n) is 3.02. The van der Waals surface area contributed by atoms with Crippen LogP contribution in [0, 0.1) is 5.82 Å². The maximum Gasteiger partial charge on any atom is 0.168 e. The van der Waals surface area contributed by atoms with Gasteiger partial charge in [0.15, 0.2) is 11.6 Å². The molecule has 1 unspecified atom stereocenters.